The van der Waals surface area contributed by atoms with E-state index in [-0.39, 0.29) is 10.6 Å². The van der Waals surface area contributed by atoms with E-state index in [0.717, 1.165) is 42.8 Å². The van der Waals surface area contributed by atoms with Gasteiger partial charge in [-0.1, -0.05) is 19.1 Å². The molecule has 0 atom stereocenters. The van der Waals surface area contributed by atoms with E-state index in [9.17, 15) is 10.1 Å². The number of H-pyrrole nitrogens is 1. The molecule has 2 aromatic heterocycles. The number of hydrogen-bond donors (Lipinski definition) is 1. The summed E-state index contributed by atoms with van der Waals surface area (Å²) in [6.07, 6.45) is 2.37. The molecule has 1 saturated heterocycles. The molecule has 3 aromatic rings. The van der Waals surface area contributed by atoms with Gasteiger partial charge in [-0.25, -0.2) is 9.67 Å². The van der Waals surface area contributed by atoms with Gasteiger partial charge in [-0.3, -0.25) is 10.1 Å². The number of aromatic nitrogens is 4. The van der Waals surface area contributed by atoms with E-state index in [0.29, 0.717) is 23.9 Å². The fraction of sp³-hybridized carbons (Fsp3) is 0.444. The van der Waals surface area contributed by atoms with Gasteiger partial charge >= 0.3 is 5.69 Å². The van der Waals surface area contributed by atoms with Crippen molar-refractivity contribution < 1.29 is 4.92 Å². The molecule has 0 saturated carbocycles. The number of aryl methyl sites for hydroxylation is 2. The molecule has 8 heteroatoms. The Morgan fingerprint density at radius 1 is 1.31 bits per heavy atom. The Bertz CT molecular complexity index is 919. The molecule has 0 radical (unpaired) electrons. The van der Waals surface area contributed by atoms with Crippen LogP contribution in [0.3, 0.4) is 0 Å². The van der Waals surface area contributed by atoms with E-state index in [2.05, 4.69) is 15.0 Å². The highest BCUT2D eigenvalue weighted by molar-refractivity contribution is 5.74. The van der Waals surface area contributed by atoms with Crippen molar-refractivity contribution in [3.8, 4) is 0 Å². The van der Waals surface area contributed by atoms with Gasteiger partial charge in [0.05, 0.1) is 16.0 Å². The van der Waals surface area contributed by atoms with Gasteiger partial charge < -0.3 is 9.88 Å². The molecule has 1 aromatic carbocycles. The predicted octanol–water partition coefficient (Wildman–Crippen LogP) is 3.15. The Hall–Kier alpha value is -2.90. The van der Waals surface area contributed by atoms with Gasteiger partial charge in [0.25, 0.3) is 0 Å². The maximum absolute atomic E-state index is 11.6. The maximum atomic E-state index is 11.6. The van der Waals surface area contributed by atoms with E-state index in [1.54, 1.807) is 11.7 Å². The van der Waals surface area contributed by atoms with Gasteiger partial charge in [0.2, 0.25) is 5.82 Å². The van der Waals surface area contributed by atoms with Crippen molar-refractivity contribution in [2.75, 3.05) is 18.0 Å². The Morgan fingerprint density at radius 2 is 2.04 bits per heavy atom. The summed E-state index contributed by atoms with van der Waals surface area (Å²) < 4.78 is 1.65. The van der Waals surface area contributed by atoms with Crippen LogP contribution in [-0.4, -0.2) is 37.8 Å². The molecule has 0 amide bonds. The molecular formula is C18H22N6O2. The molecule has 8 nitrogen and oxygen atoms in total. The van der Waals surface area contributed by atoms with Gasteiger partial charge in [0.1, 0.15) is 11.5 Å². The predicted molar refractivity (Wildman–Crippen MR) is 99.5 cm³/mol. The van der Waals surface area contributed by atoms with Crippen LogP contribution < -0.4 is 4.90 Å². The van der Waals surface area contributed by atoms with Crippen LogP contribution >= 0.6 is 0 Å². The van der Waals surface area contributed by atoms with Crippen LogP contribution in [0.15, 0.2) is 24.3 Å². The third-order valence-corrected chi connectivity index (χ3v) is 5.17. The third kappa shape index (κ3) is 2.71. The summed E-state index contributed by atoms with van der Waals surface area (Å²) in [6, 6.07) is 8.03. The minimum absolute atomic E-state index is 0.150. The third-order valence-electron chi connectivity index (χ3n) is 5.17. The van der Waals surface area contributed by atoms with E-state index in [4.69, 9.17) is 4.98 Å². The highest BCUT2D eigenvalue weighted by Gasteiger charge is 2.32. The number of para-hydroxylation sites is 2. The Balaban J connectivity index is 1.55. The smallest absolute Gasteiger partial charge is 0.334 e. The molecule has 3 heterocycles. The number of nitrogens with zero attached hydrogens (tertiary/aromatic N) is 5. The first kappa shape index (κ1) is 16.6. The number of fused-ring (bicyclic) bond motifs is 1. The monoisotopic (exact) mass is 354 g/mol. The van der Waals surface area contributed by atoms with Crippen LogP contribution in [0.1, 0.15) is 37.2 Å². The Morgan fingerprint density at radius 3 is 2.69 bits per heavy atom. The molecule has 1 N–H and O–H groups in total. The van der Waals surface area contributed by atoms with Crippen LogP contribution in [0.2, 0.25) is 0 Å². The molecule has 1 fully saturated rings. The average Bonchev–Trinajstić information content (AvgIpc) is 3.22. The summed E-state index contributed by atoms with van der Waals surface area (Å²) in [6.45, 7) is 3.41. The number of hydrogen-bond acceptors (Lipinski definition) is 5. The fourth-order valence-electron chi connectivity index (χ4n) is 3.87. The van der Waals surface area contributed by atoms with Gasteiger partial charge in [-0.05, 0) is 31.4 Å². The summed E-state index contributed by atoms with van der Waals surface area (Å²) in [7, 11) is 1.78. The lowest BCUT2D eigenvalue weighted by Gasteiger charge is -2.31. The minimum atomic E-state index is -0.299. The molecule has 1 aliphatic rings. The highest BCUT2D eigenvalue weighted by atomic mass is 16.6. The van der Waals surface area contributed by atoms with Crippen molar-refractivity contribution in [1.29, 1.82) is 0 Å². The number of piperidine rings is 1. The standard InChI is InChI=1S/C18H22N6O2/c1-3-13-16(24(25)26)18(22(2)21-13)23-10-8-12(9-11-23)17-19-14-6-4-5-7-15(14)20-17/h4-7,12H,3,8-11H2,1-2H3,(H,19,20). The van der Waals surface area contributed by atoms with E-state index >= 15 is 0 Å². The lowest BCUT2D eigenvalue weighted by atomic mass is 9.96. The maximum Gasteiger partial charge on any atom is 0.334 e. The topological polar surface area (TPSA) is 92.9 Å². The molecule has 0 spiro atoms. The summed E-state index contributed by atoms with van der Waals surface area (Å²) in [5, 5.41) is 15.9. The first-order valence-corrected chi connectivity index (χ1v) is 8.98. The Kier molecular flexibility index (Phi) is 4.10. The largest absolute Gasteiger partial charge is 0.351 e. The zero-order valence-electron chi connectivity index (χ0n) is 15.0. The van der Waals surface area contributed by atoms with Crippen LogP contribution in [0.4, 0.5) is 11.5 Å². The minimum Gasteiger partial charge on any atom is -0.351 e. The number of rotatable bonds is 4. The second kappa shape index (κ2) is 6.44. The number of benzene rings is 1. The molecule has 1 aliphatic heterocycles. The number of nitrogens with one attached hydrogen (secondary N) is 1. The number of aromatic amines is 1. The molecule has 26 heavy (non-hydrogen) atoms. The molecular weight excluding hydrogens is 332 g/mol. The van der Waals surface area contributed by atoms with Crippen molar-refractivity contribution in [3.05, 3.63) is 45.9 Å². The van der Waals surface area contributed by atoms with Gasteiger partial charge in [0.15, 0.2) is 0 Å². The van der Waals surface area contributed by atoms with Crippen molar-refractivity contribution in [2.45, 2.75) is 32.1 Å². The van der Waals surface area contributed by atoms with Crippen molar-refractivity contribution in [1.82, 2.24) is 19.7 Å². The van der Waals surface area contributed by atoms with Crippen LogP contribution in [-0.2, 0) is 13.5 Å². The van der Waals surface area contributed by atoms with Crippen LogP contribution in [0.5, 0.6) is 0 Å². The summed E-state index contributed by atoms with van der Waals surface area (Å²) in [4.78, 5) is 21.5. The molecule has 136 valence electrons. The molecule has 4 rings (SSSR count). The fourth-order valence-corrected chi connectivity index (χ4v) is 3.87. The van der Waals surface area contributed by atoms with Crippen LogP contribution in [0, 0.1) is 10.1 Å². The first-order valence-electron chi connectivity index (χ1n) is 8.98. The second-order valence-electron chi connectivity index (χ2n) is 6.75. The summed E-state index contributed by atoms with van der Waals surface area (Å²) in [5.41, 5.74) is 2.74. The van der Waals surface area contributed by atoms with Gasteiger partial charge in [0, 0.05) is 26.1 Å². The lowest BCUT2D eigenvalue weighted by molar-refractivity contribution is -0.384. The summed E-state index contributed by atoms with van der Waals surface area (Å²) >= 11 is 0. The Labute approximate surface area is 151 Å². The second-order valence-corrected chi connectivity index (χ2v) is 6.75. The normalized spacial score (nSPS) is 15.7. The first-order chi connectivity index (χ1) is 12.6. The molecule has 0 aliphatic carbocycles. The van der Waals surface area contributed by atoms with E-state index in [1.807, 2.05) is 31.2 Å². The number of anilines is 1. The zero-order valence-corrected chi connectivity index (χ0v) is 15.0. The number of nitro groups is 1. The van der Waals surface area contributed by atoms with Crippen molar-refractivity contribution in [2.24, 2.45) is 7.05 Å². The molecule has 0 bridgehead atoms. The lowest BCUT2D eigenvalue weighted by Crippen LogP contribution is -2.34. The van der Waals surface area contributed by atoms with Crippen molar-refractivity contribution in [3.63, 3.8) is 0 Å². The van der Waals surface area contributed by atoms with E-state index in [1.165, 1.54) is 0 Å². The molecule has 0 unspecified atom stereocenters. The van der Waals surface area contributed by atoms with E-state index < -0.39 is 0 Å². The SMILES string of the molecule is CCc1nn(C)c(N2CCC(c3nc4ccccc4[nH]3)CC2)c1[N+](=O)[O-]. The average molecular weight is 354 g/mol. The van der Waals surface area contributed by atoms with Crippen LogP contribution in [0.25, 0.3) is 11.0 Å². The number of imidazole rings is 1. The quantitative estimate of drug-likeness (QED) is 0.574. The zero-order chi connectivity index (χ0) is 18.3. The van der Waals surface area contributed by atoms with Gasteiger partial charge in [-0.15, -0.1) is 0 Å². The van der Waals surface area contributed by atoms with Crippen molar-refractivity contribution >= 4 is 22.5 Å². The highest BCUT2D eigenvalue weighted by Crippen LogP contribution is 2.36. The van der Waals surface area contributed by atoms with Gasteiger partial charge in [-0.2, -0.15) is 5.10 Å². The summed E-state index contributed by atoms with van der Waals surface area (Å²) in [5.74, 6) is 1.98.